The van der Waals surface area contributed by atoms with Gasteiger partial charge in [0, 0.05) is 53.4 Å². The molecule has 2 N–H and O–H groups in total. The zero-order valence-corrected chi connectivity index (χ0v) is 23.3. The SMILES string of the molecule is Cn1cc(-c2cnc(NCC(F)(F)c3ccccc3)c(=O)n2CC(=O)N(Cc2cc3cnccc3[nH]2)OC(=O)C(F)(F)F)cn1. The first-order valence-electron chi connectivity index (χ1n) is 13.1. The van der Waals surface area contributed by atoms with E-state index in [0.717, 1.165) is 10.8 Å². The number of nitrogens with zero attached hydrogens (tertiary/aromatic N) is 6. The zero-order chi connectivity index (χ0) is 32.4. The highest BCUT2D eigenvalue weighted by Crippen LogP contribution is 2.28. The number of amides is 1. The molecule has 0 spiro atoms. The summed E-state index contributed by atoms with van der Waals surface area (Å²) in [5.74, 6) is -7.90. The van der Waals surface area contributed by atoms with E-state index in [9.17, 15) is 36.3 Å². The summed E-state index contributed by atoms with van der Waals surface area (Å²) in [6, 6.07) is 9.89. The van der Waals surface area contributed by atoms with Crippen LogP contribution in [0.15, 0.2) is 78.2 Å². The van der Waals surface area contributed by atoms with Crippen molar-refractivity contribution in [2.45, 2.75) is 25.2 Å². The fourth-order valence-corrected chi connectivity index (χ4v) is 4.34. The number of aromatic amines is 1. The number of nitrogens with one attached hydrogen (secondary N) is 2. The fraction of sp³-hybridized carbons (Fsp3) is 0.214. The van der Waals surface area contributed by atoms with E-state index < -0.39 is 55.0 Å². The lowest BCUT2D eigenvalue weighted by Gasteiger charge is -2.23. The summed E-state index contributed by atoms with van der Waals surface area (Å²) >= 11 is 0. The van der Waals surface area contributed by atoms with Crippen molar-refractivity contribution >= 4 is 28.6 Å². The van der Waals surface area contributed by atoms with Crippen molar-refractivity contribution in [3.63, 3.8) is 0 Å². The number of rotatable bonds is 9. The second-order valence-corrected chi connectivity index (χ2v) is 9.77. The molecule has 4 heterocycles. The molecule has 234 valence electrons. The Morgan fingerprint density at radius 1 is 1.07 bits per heavy atom. The van der Waals surface area contributed by atoms with Crippen LogP contribution in [0.25, 0.3) is 22.2 Å². The van der Waals surface area contributed by atoms with E-state index in [1.807, 2.05) is 0 Å². The Labute approximate surface area is 250 Å². The molecular weight excluding hydrogens is 607 g/mol. The molecule has 5 aromatic rings. The van der Waals surface area contributed by atoms with Crippen LogP contribution in [0, 0.1) is 0 Å². The second kappa shape index (κ2) is 12.2. The number of fused-ring (bicyclic) bond motifs is 1. The van der Waals surface area contributed by atoms with Crippen molar-refractivity contribution < 1.29 is 36.4 Å². The highest BCUT2D eigenvalue weighted by molar-refractivity contribution is 5.82. The van der Waals surface area contributed by atoms with Crippen LogP contribution in [0.1, 0.15) is 11.3 Å². The molecule has 0 saturated carbocycles. The van der Waals surface area contributed by atoms with Crippen molar-refractivity contribution in [2.24, 2.45) is 7.05 Å². The van der Waals surface area contributed by atoms with Crippen LogP contribution in [-0.2, 0) is 40.5 Å². The van der Waals surface area contributed by atoms with Crippen molar-refractivity contribution in [1.82, 2.24) is 34.4 Å². The lowest BCUT2D eigenvalue weighted by Crippen LogP contribution is -2.41. The van der Waals surface area contributed by atoms with Gasteiger partial charge < -0.3 is 15.1 Å². The molecule has 0 saturated heterocycles. The molecule has 0 aliphatic rings. The van der Waals surface area contributed by atoms with Crippen molar-refractivity contribution in [3.8, 4) is 11.3 Å². The van der Waals surface area contributed by atoms with Gasteiger partial charge in [0.05, 0.1) is 31.2 Å². The number of hydrogen-bond acceptors (Lipinski definition) is 8. The predicted octanol–water partition coefficient (Wildman–Crippen LogP) is 3.77. The number of aromatic nitrogens is 6. The van der Waals surface area contributed by atoms with Gasteiger partial charge in [-0.2, -0.15) is 32.1 Å². The van der Waals surface area contributed by atoms with Gasteiger partial charge in [-0.3, -0.25) is 23.8 Å². The van der Waals surface area contributed by atoms with E-state index >= 15 is 0 Å². The Morgan fingerprint density at radius 2 is 1.82 bits per heavy atom. The number of anilines is 1. The first kappa shape index (κ1) is 30.8. The summed E-state index contributed by atoms with van der Waals surface area (Å²) in [6.07, 6.45) is 1.40. The van der Waals surface area contributed by atoms with E-state index in [2.05, 4.69) is 30.2 Å². The van der Waals surface area contributed by atoms with Gasteiger partial charge in [0.15, 0.2) is 5.82 Å². The summed E-state index contributed by atoms with van der Waals surface area (Å²) in [5, 5.41) is 7.03. The van der Waals surface area contributed by atoms with Gasteiger partial charge in [-0.15, -0.1) is 0 Å². The number of hydroxylamine groups is 2. The number of hydrogen-bond donors (Lipinski definition) is 2. The molecule has 45 heavy (non-hydrogen) atoms. The van der Waals surface area contributed by atoms with E-state index in [-0.39, 0.29) is 27.6 Å². The predicted molar refractivity (Wildman–Crippen MR) is 148 cm³/mol. The molecule has 0 aliphatic carbocycles. The van der Waals surface area contributed by atoms with Gasteiger partial charge in [0.2, 0.25) is 0 Å². The Kier molecular flexibility index (Phi) is 8.34. The Bertz CT molecular complexity index is 1870. The standard InChI is InChI=1S/C28H23F5N8O4/c1-39-13-18(11-37-39)22-12-35-24(36-16-27(29,30)19-5-3-2-4-6-19)25(43)40(22)15-23(42)41(45-26(44)28(31,32)33)14-20-9-17-10-34-8-7-21(17)38-20/h2-13,38H,14-16H2,1H3,(H,35,36). The quantitative estimate of drug-likeness (QED) is 0.185. The van der Waals surface area contributed by atoms with Crippen LogP contribution >= 0.6 is 0 Å². The van der Waals surface area contributed by atoms with Crippen molar-refractivity contribution in [1.29, 1.82) is 0 Å². The molecule has 0 fully saturated rings. The zero-order valence-electron chi connectivity index (χ0n) is 23.3. The minimum atomic E-state index is -5.45. The molecular formula is C28H23F5N8O4. The third kappa shape index (κ3) is 6.97. The molecule has 0 atom stereocenters. The highest BCUT2D eigenvalue weighted by Gasteiger charge is 2.43. The van der Waals surface area contributed by atoms with E-state index in [1.165, 1.54) is 59.8 Å². The molecule has 0 radical (unpaired) electrons. The lowest BCUT2D eigenvalue weighted by atomic mass is 10.1. The number of carbonyl (C=O) groups is 2. The first-order valence-corrected chi connectivity index (χ1v) is 13.1. The summed E-state index contributed by atoms with van der Waals surface area (Å²) in [4.78, 5) is 54.0. The summed E-state index contributed by atoms with van der Waals surface area (Å²) < 4.78 is 71.3. The topological polar surface area (TPSA) is 140 Å². The third-order valence-corrected chi connectivity index (χ3v) is 6.52. The number of halogens is 5. The van der Waals surface area contributed by atoms with E-state index in [1.54, 1.807) is 19.2 Å². The molecule has 5 rings (SSSR count). The largest absolute Gasteiger partial charge is 0.493 e. The molecule has 4 aromatic heterocycles. The van der Waals surface area contributed by atoms with Crippen molar-refractivity contribution in [3.05, 3.63) is 95.1 Å². The summed E-state index contributed by atoms with van der Waals surface area (Å²) in [6.45, 7) is -2.67. The van der Waals surface area contributed by atoms with Crippen LogP contribution in [0.3, 0.4) is 0 Å². The van der Waals surface area contributed by atoms with Crippen LogP contribution in [0.4, 0.5) is 27.8 Å². The van der Waals surface area contributed by atoms with Gasteiger partial charge >= 0.3 is 12.1 Å². The van der Waals surface area contributed by atoms with Gasteiger partial charge in [-0.05, 0) is 12.1 Å². The number of alkyl halides is 5. The summed E-state index contributed by atoms with van der Waals surface area (Å²) in [7, 11) is 1.57. The highest BCUT2D eigenvalue weighted by atomic mass is 19.4. The minimum absolute atomic E-state index is 0.0133. The van der Waals surface area contributed by atoms with Gasteiger partial charge in [0.1, 0.15) is 6.54 Å². The Hall–Kier alpha value is -5.61. The molecule has 0 unspecified atom stereocenters. The van der Waals surface area contributed by atoms with Crippen molar-refractivity contribution in [2.75, 3.05) is 11.9 Å². The molecule has 17 heteroatoms. The van der Waals surface area contributed by atoms with Crippen LogP contribution in [-0.4, -0.2) is 59.0 Å². The number of benzene rings is 1. The van der Waals surface area contributed by atoms with Crippen LogP contribution in [0.2, 0.25) is 0 Å². The Morgan fingerprint density at radius 3 is 2.49 bits per heavy atom. The van der Waals surface area contributed by atoms with E-state index in [0.29, 0.717) is 10.9 Å². The normalized spacial score (nSPS) is 11.9. The minimum Gasteiger partial charge on any atom is -0.359 e. The molecule has 0 aliphatic heterocycles. The van der Waals surface area contributed by atoms with Crippen LogP contribution < -0.4 is 10.9 Å². The average molecular weight is 631 g/mol. The third-order valence-electron chi connectivity index (χ3n) is 6.52. The second-order valence-electron chi connectivity index (χ2n) is 9.77. The summed E-state index contributed by atoms with van der Waals surface area (Å²) in [5.41, 5.74) is -0.385. The average Bonchev–Trinajstić information content (AvgIpc) is 3.62. The monoisotopic (exact) mass is 630 g/mol. The number of pyridine rings is 1. The Balaban J connectivity index is 1.48. The smallest absolute Gasteiger partial charge is 0.359 e. The maximum atomic E-state index is 14.8. The molecule has 1 amide bonds. The molecule has 12 nitrogen and oxygen atoms in total. The number of H-pyrrole nitrogens is 1. The van der Waals surface area contributed by atoms with Gasteiger partial charge in [0.25, 0.3) is 17.4 Å². The van der Waals surface area contributed by atoms with Gasteiger partial charge in [-0.25, -0.2) is 9.78 Å². The van der Waals surface area contributed by atoms with Gasteiger partial charge in [-0.1, -0.05) is 30.3 Å². The lowest BCUT2D eigenvalue weighted by molar-refractivity contribution is -0.239. The number of carbonyl (C=O) groups excluding carboxylic acids is 2. The van der Waals surface area contributed by atoms with Crippen LogP contribution in [0.5, 0.6) is 0 Å². The maximum absolute atomic E-state index is 14.8. The molecule has 0 bridgehead atoms. The number of aryl methyl sites for hydroxylation is 1. The first-order chi connectivity index (χ1) is 21.3. The fourth-order valence-electron chi connectivity index (χ4n) is 4.34. The molecule has 1 aromatic carbocycles. The maximum Gasteiger partial charge on any atom is 0.493 e. The van der Waals surface area contributed by atoms with E-state index in [4.69, 9.17) is 0 Å².